The number of hydrogen-bond acceptors (Lipinski definition) is 5. The van der Waals surface area contributed by atoms with Gasteiger partial charge in [0, 0.05) is 17.1 Å². The van der Waals surface area contributed by atoms with Gasteiger partial charge in [-0.3, -0.25) is 9.59 Å². The maximum absolute atomic E-state index is 12.4. The first kappa shape index (κ1) is 19.5. The van der Waals surface area contributed by atoms with Crippen molar-refractivity contribution in [3.8, 4) is 0 Å². The van der Waals surface area contributed by atoms with Crippen molar-refractivity contribution in [2.24, 2.45) is 0 Å². The highest BCUT2D eigenvalue weighted by atomic mass is 35.5. The van der Waals surface area contributed by atoms with Gasteiger partial charge in [0.25, 0.3) is 5.56 Å². The van der Waals surface area contributed by atoms with E-state index in [-0.39, 0.29) is 11.5 Å². The summed E-state index contributed by atoms with van der Waals surface area (Å²) in [5.74, 6) is 1.80. The summed E-state index contributed by atoms with van der Waals surface area (Å²) in [5, 5.41) is 4.15. The van der Waals surface area contributed by atoms with Gasteiger partial charge in [-0.05, 0) is 49.4 Å². The lowest BCUT2D eigenvalue weighted by molar-refractivity contribution is -0.115. The number of nitrogens with one attached hydrogen (secondary N) is 2. The molecular weight excluding hydrogens is 414 g/mol. The number of aryl methyl sites for hydroxylation is 3. The summed E-state index contributed by atoms with van der Waals surface area (Å²) in [4.78, 5) is 34.2. The predicted octanol–water partition coefficient (Wildman–Crippen LogP) is 4.70. The van der Waals surface area contributed by atoms with Crippen LogP contribution in [-0.2, 0) is 23.4 Å². The largest absolute Gasteiger partial charge is 0.325 e. The molecule has 2 heterocycles. The van der Waals surface area contributed by atoms with Crippen molar-refractivity contribution < 1.29 is 4.79 Å². The van der Waals surface area contributed by atoms with Gasteiger partial charge in [-0.25, -0.2) is 4.98 Å². The van der Waals surface area contributed by atoms with E-state index in [2.05, 4.69) is 15.3 Å². The number of carbonyl (C=O) groups is 1. The lowest BCUT2D eigenvalue weighted by Crippen LogP contribution is -2.13. The Morgan fingerprint density at radius 3 is 3.07 bits per heavy atom. The Hall–Kier alpha value is -1.83. The van der Waals surface area contributed by atoms with Crippen LogP contribution < -0.4 is 10.9 Å². The number of aromatic nitrogens is 2. The van der Waals surface area contributed by atoms with E-state index >= 15 is 0 Å². The predicted molar refractivity (Wildman–Crippen MR) is 118 cm³/mol. The van der Waals surface area contributed by atoms with Crippen molar-refractivity contribution >= 4 is 56.5 Å². The first-order chi connectivity index (χ1) is 13.5. The van der Waals surface area contributed by atoms with Gasteiger partial charge in [-0.15, -0.1) is 11.3 Å². The summed E-state index contributed by atoms with van der Waals surface area (Å²) in [6.07, 6.45) is 3.53. The second kappa shape index (κ2) is 8.27. The molecule has 0 spiro atoms. The van der Waals surface area contributed by atoms with E-state index in [0.29, 0.717) is 34.5 Å². The Morgan fingerprint density at radius 1 is 1.39 bits per heavy atom. The molecule has 0 atom stereocenters. The van der Waals surface area contributed by atoms with Gasteiger partial charge in [-0.2, -0.15) is 11.8 Å². The van der Waals surface area contributed by atoms with Crippen molar-refractivity contribution in [3.05, 3.63) is 55.4 Å². The number of thioether (sulfide) groups is 1. The maximum Gasteiger partial charge on any atom is 0.259 e. The number of fused-ring (bicyclic) bond motifs is 3. The number of rotatable bonds is 6. The first-order valence-electron chi connectivity index (χ1n) is 9.18. The normalized spacial score (nSPS) is 13.1. The lowest BCUT2D eigenvalue weighted by Gasteiger charge is -2.08. The van der Waals surface area contributed by atoms with Crippen LogP contribution in [0.5, 0.6) is 0 Å². The molecule has 0 saturated carbocycles. The van der Waals surface area contributed by atoms with E-state index in [4.69, 9.17) is 11.6 Å². The molecule has 28 heavy (non-hydrogen) atoms. The molecule has 1 aliphatic rings. The lowest BCUT2D eigenvalue weighted by atomic mass is 10.2. The number of thiophene rings is 1. The average Bonchev–Trinajstić information content (AvgIpc) is 3.22. The van der Waals surface area contributed by atoms with Gasteiger partial charge in [0.05, 0.1) is 21.8 Å². The highest BCUT2D eigenvalue weighted by molar-refractivity contribution is 7.98. The molecule has 2 aromatic heterocycles. The van der Waals surface area contributed by atoms with Crippen LogP contribution in [0.3, 0.4) is 0 Å². The maximum atomic E-state index is 12.4. The summed E-state index contributed by atoms with van der Waals surface area (Å²) in [6, 6.07) is 5.55. The van der Waals surface area contributed by atoms with Crippen molar-refractivity contribution in [2.75, 3.05) is 11.1 Å². The van der Waals surface area contributed by atoms with Crippen LogP contribution in [0.15, 0.2) is 23.0 Å². The number of aromatic amines is 1. The minimum atomic E-state index is -0.0789. The third-order valence-electron chi connectivity index (χ3n) is 4.74. The van der Waals surface area contributed by atoms with E-state index in [1.165, 1.54) is 10.4 Å². The first-order valence-corrected chi connectivity index (χ1v) is 11.5. The molecule has 1 amide bonds. The summed E-state index contributed by atoms with van der Waals surface area (Å²) in [5.41, 5.74) is 2.84. The van der Waals surface area contributed by atoms with Crippen molar-refractivity contribution in [1.82, 2.24) is 9.97 Å². The van der Waals surface area contributed by atoms with Gasteiger partial charge < -0.3 is 10.3 Å². The molecule has 0 fully saturated rings. The molecule has 5 nitrogen and oxygen atoms in total. The fraction of sp³-hybridized carbons (Fsp3) is 0.350. The minimum absolute atomic E-state index is 0.0354. The van der Waals surface area contributed by atoms with E-state index in [0.717, 1.165) is 35.0 Å². The van der Waals surface area contributed by atoms with Gasteiger partial charge >= 0.3 is 0 Å². The molecule has 0 bridgehead atoms. The SMILES string of the molecule is Cc1ccc(NC(=O)CCSCc2nc3sc4c(c3c(=O)[nH]2)CCC4)c(Cl)c1. The zero-order valence-electron chi connectivity index (χ0n) is 15.4. The third kappa shape index (κ3) is 4.11. The van der Waals surface area contributed by atoms with E-state index in [1.54, 1.807) is 23.1 Å². The van der Waals surface area contributed by atoms with Gasteiger partial charge in [0.2, 0.25) is 5.91 Å². The van der Waals surface area contributed by atoms with E-state index in [1.807, 2.05) is 25.1 Å². The molecule has 2 N–H and O–H groups in total. The Labute approximate surface area is 175 Å². The van der Waals surface area contributed by atoms with Crippen molar-refractivity contribution in [3.63, 3.8) is 0 Å². The summed E-state index contributed by atoms with van der Waals surface area (Å²) in [6.45, 7) is 1.95. The molecule has 3 aromatic rings. The quantitative estimate of drug-likeness (QED) is 0.552. The van der Waals surface area contributed by atoms with Crippen LogP contribution in [0.1, 0.15) is 34.7 Å². The highest BCUT2D eigenvalue weighted by Crippen LogP contribution is 2.34. The van der Waals surface area contributed by atoms with Crippen LogP contribution >= 0.6 is 34.7 Å². The zero-order chi connectivity index (χ0) is 19.7. The summed E-state index contributed by atoms with van der Waals surface area (Å²) in [7, 11) is 0. The molecule has 0 unspecified atom stereocenters. The van der Waals surface area contributed by atoms with Crippen LogP contribution in [0, 0.1) is 6.92 Å². The average molecular weight is 434 g/mol. The van der Waals surface area contributed by atoms with Gasteiger partial charge in [-0.1, -0.05) is 17.7 Å². The Morgan fingerprint density at radius 2 is 2.25 bits per heavy atom. The minimum Gasteiger partial charge on any atom is -0.325 e. The highest BCUT2D eigenvalue weighted by Gasteiger charge is 2.21. The van der Waals surface area contributed by atoms with E-state index < -0.39 is 0 Å². The topological polar surface area (TPSA) is 74.8 Å². The fourth-order valence-electron chi connectivity index (χ4n) is 3.38. The second-order valence-electron chi connectivity index (χ2n) is 6.88. The van der Waals surface area contributed by atoms with Crippen LogP contribution in [-0.4, -0.2) is 21.6 Å². The molecular formula is C20H20ClN3O2S2. The standard InChI is InChI=1S/C20H20ClN3O2S2/c1-11-5-6-14(13(21)9-11)22-17(25)7-8-27-10-16-23-19(26)18-12-3-2-4-15(12)28-20(18)24-16/h5-6,9H,2-4,7-8,10H2,1H3,(H,22,25)(H,23,24,26). The van der Waals surface area contributed by atoms with Crippen LogP contribution in [0.25, 0.3) is 10.2 Å². The Kier molecular flexibility index (Phi) is 5.75. The number of hydrogen-bond donors (Lipinski definition) is 2. The summed E-state index contributed by atoms with van der Waals surface area (Å²) < 4.78 is 0. The Bertz CT molecular complexity index is 1110. The fourth-order valence-corrected chi connectivity index (χ4v) is 5.75. The smallest absolute Gasteiger partial charge is 0.259 e. The molecule has 0 saturated heterocycles. The number of halogens is 1. The zero-order valence-corrected chi connectivity index (χ0v) is 17.8. The molecule has 0 radical (unpaired) electrons. The molecule has 4 rings (SSSR count). The second-order valence-corrected chi connectivity index (χ2v) is 9.48. The number of nitrogens with zero attached hydrogens (tertiary/aromatic N) is 1. The van der Waals surface area contributed by atoms with Crippen molar-refractivity contribution in [1.29, 1.82) is 0 Å². The van der Waals surface area contributed by atoms with Gasteiger partial charge in [0.15, 0.2) is 0 Å². The summed E-state index contributed by atoms with van der Waals surface area (Å²) >= 11 is 9.37. The molecule has 1 aliphatic carbocycles. The van der Waals surface area contributed by atoms with E-state index in [9.17, 15) is 9.59 Å². The third-order valence-corrected chi connectivity index (χ3v) is 7.20. The van der Waals surface area contributed by atoms with Crippen LogP contribution in [0.4, 0.5) is 5.69 Å². The number of amides is 1. The van der Waals surface area contributed by atoms with Gasteiger partial charge in [0.1, 0.15) is 10.7 Å². The molecule has 0 aliphatic heterocycles. The number of carbonyl (C=O) groups excluding carboxylic acids is 1. The Balaban J connectivity index is 1.31. The number of anilines is 1. The molecule has 8 heteroatoms. The molecule has 1 aromatic carbocycles. The monoisotopic (exact) mass is 433 g/mol. The van der Waals surface area contributed by atoms with Crippen molar-refractivity contribution in [2.45, 2.75) is 38.4 Å². The van der Waals surface area contributed by atoms with Crippen LogP contribution in [0.2, 0.25) is 5.02 Å². The number of H-pyrrole nitrogens is 1. The molecule has 146 valence electrons. The number of benzene rings is 1.